The van der Waals surface area contributed by atoms with Crippen LogP contribution in [0.4, 0.5) is 10.5 Å². The van der Waals surface area contributed by atoms with E-state index in [2.05, 4.69) is 10.6 Å². The van der Waals surface area contributed by atoms with Gasteiger partial charge in [0.1, 0.15) is 0 Å². The largest absolute Gasteiger partial charge is 0.341 e. The minimum atomic E-state index is -0.414. The Labute approximate surface area is 147 Å². The van der Waals surface area contributed by atoms with Gasteiger partial charge in [-0.1, -0.05) is 18.2 Å². The molecule has 0 radical (unpaired) electrons. The third-order valence-corrected chi connectivity index (χ3v) is 4.77. The topological polar surface area (TPSA) is 87.5 Å². The number of hydrogen-bond acceptors (Lipinski definition) is 4. The number of thioether (sulfide) groups is 1. The number of nitrogens with two attached hydrogens (primary N) is 1. The molecule has 7 heteroatoms. The third kappa shape index (κ3) is 5.72. The summed E-state index contributed by atoms with van der Waals surface area (Å²) >= 11 is 1.70. The molecule has 0 aromatic heterocycles. The van der Waals surface area contributed by atoms with Gasteiger partial charge in [-0.25, -0.2) is 4.79 Å². The lowest BCUT2D eigenvalue weighted by atomic mass is 10.0. The number of benzene rings is 1. The van der Waals surface area contributed by atoms with Gasteiger partial charge in [0.25, 0.3) is 0 Å². The summed E-state index contributed by atoms with van der Waals surface area (Å²) in [6.07, 6.45) is 4.22. The zero-order chi connectivity index (χ0) is 17.4. The van der Waals surface area contributed by atoms with Gasteiger partial charge in [-0.05, 0) is 43.4 Å². The summed E-state index contributed by atoms with van der Waals surface area (Å²) < 4.78 is 0. The lowest BCUT2D eigenvalue weighted by Gasteiger charge is -2.33. The number of piperidine rings is 1. The Morgan fingerprint density at radius 3 is 2.58 bits per heavy atom. The Kier molecular flexibility index (Phi) is 7.39. The molecule has 24 heavy (non-hydrogen) atoms. The van der Waals surface area contributed by atoms with Gasteiger partial charge >= 0.3 is 6.03 Å². The number of carbonyl (C=O) groups is 2. The molecule has 0 spiro atoms. The van der Waals surface area contributed by atoms with Crippen LogP contribution in [0.2, 0.25) is 0 Å². The van der Waals surface area contributed by atoms with E-state index in [1.807, 2.05) is 41.5 Å². The predicted molar refractivity (Wildman–Crippen MR) is 99.2 cm³/mol. The maximum atomic E-state index is 12.3. The van der Waals surface area contributed by atoms with E-state index in [0.29, 0.717) is 19.5 Å². The van der Waals surface area contributed by atoms with Crippen LogP contribution in [-0.4, -0.2) is 54.0 Å². The molecule has 1 atom stereocenters. The Hall–Kier alpha value is -1.73. The van der Waals surface area contributed by atoms with Gasteiger partial charge < -0.3 is 21.3 Å². The van der Waals surface area contributed by atoms with Crippen molar-refractivity contribution in [1.82, 2.24) is 10.2 Å². The van der Waals surface area contributed by atoms with Crippen molar-refractivity contribution >= 4 is 29.4 Å². The van der Waals surface area contributed by atoms with E-state index in [0.717, 1.165) is 24.3 Å². The van der Waals surface area contributed by atoms with Crippen molar-refractivity contribution in [2.45, 2.75) is 31.3 Å². The molecule has 132 valence electrons. The lowest BCUT2D eigenvalue weighted by molar-refractivity contribution is -0.133. The average molecular weight is 350 g/mol. The van der Waals surface area contributed by atoms with E-state index in [-0.39, 0.29) is 18.0 Å². The maximum Gasteiger partial charge on any atom is 0.319 e. The highest BCUT2D eigenvalue weighted by molar-refractivity contribution is 7.98. The molecule has 0 unspecified atom stereocenters. The fourth-order valence-electron chi connectivity index (χ4n) is 2.72. The number of nitrogens with one attached hydrogen (secondary N) is 2. The van der Waals surface area contributed by atoms with Crippen molar-refractivity contribution in [1.29, 1.82) is 0 Å². The Morgan fingerprint density at radius 1 is 1.29 bits per heavy atom. The van der Waals surface area contributed by atoms with Crippen LogP contribution in [0.15, 0.2) is 30.3 Å². The van der Waals surface area contributed by atoms with Crippen LogP contribution in [0, 0.1) is 0 Å². The van der Waals surface area contributed by atoms with Gasteiger partial charge in [0.15, 0.2) is 0 Å². The zero-order valence-electron chi connectivity index (χ0n) is 14.0. The second kappa shape index (κ2) is 9.54. The summed E-state index contributed by atoms with van der Waals surface area (Å²) in [5, 5.41) is 5.78. The number of nitrogens with zero attached hydrogens (tertiary/aromatic N) is 1. The van der Waals surface area contributed by atoms with Gasteiger partial charge in [-0.3, -0.25) is 4.79 Å². The molecule has 4 N–H and O–H groups in total. The van der Waals surface area contributed by atoms with Crippen molar-refractivity contribution in [2.75, 3.05) is 30.4 Å². The fraction of sp³-hybridized carbons (Fsp3) is 0.529. The molecule has 1 aromatic carbocycles. The van der Waals surface area contributed by atoms with Crippen molar-refractivity contribution in [3.8, 4) is 0 Å². The number of carbonyl (C=O) groups excluding carboxylic acids is 2. The van der Waals surface area contributed by atoms with Gasteiger partial charge in [0.05, 0.1) is 6.04 Å². The summed E-state index contributed by atoms with van der Waals surface area (Å²) in [6, 6.07) is 8.80. The van der Waals surface area contributed by atoms with Crippen molar-refractivity contribution in [2.24, 2.45) is 5.73 Å². The molecule has 3 amide bonds. The third-order valence-electron chi connectivity index (χ3n) is 4.12. The summed E-state index contributed by atoms with van der Waals surface area (Å²) in [4.78, 5) is 26.1. The molecule has 1 heterocycles. The number of rotatable bonds is 6. The van der Waals surface area contributed by atoms with E-state index < -0.39 is 6.04 Å². The van der Waals surface area contributed by atoms with E-state index in [4.69, 9.17) is 5.73 Å². The van der Waals surface area contributed by atoms with Gasteiger partial charge in [-0.2, -0.15) is 11.8 Å². The fourth-order valence-corrected chi connectivity index (χ4v) is 3.21. The van der Waals surface area contributed by atoms with Gasteiger partial charge in [0.2, 0.25) is 5.91 Å². The molecule has 1 saturated heterocycles. The van der Waals surface area contributed by atoms with Gasteiger partial charge in [0, 0.05) is 24.8 Å². The molecule has 1 aliphatic rings. The van der Waals surface area contributed by atoms with Crippen LogP contribution in [-0.2, 0) is 4.79 Å². The average Bonchev–Trinajstić information content (AvgIpc) is 2.60. The number of anilines is 1. The first kappa shape index (κ1) is 18.6. The molecule has 0 bridgehead atoms. The highest BCUT2D eigenvalue weighted by Gasteiger charge is 2.26. The molecule has 1 aliphatic heterocycles. The smallest absolute Gasteiger partial charge is 0.319 e. The Bertz CT molecular complexity index is 533. The number of hydrogen-bond donors (Lipinski definition) is 3. The Morgan fingerprint density at radius 2 is 1.96 bits per heavy atom. The van der Waals surface area contributed by atoms with E-state index in [9.17, 15) is 9.59 Å². The second-order valence-corrected chi connectivity index (χ2v) is 6.94. The summed E-state index contributed by atoms with van der Waals surface area (Å²) in [7, 11) is 0. The first-order chi connectivity index (χ1) is 11.6. The number of para-hydroxylation sites is 1. The molecule has 0 saturated carbocycles. The molecule has 0 aliphatic carbocycles. The molecular formula is C17H26N4O2S. The SMILES string of the molecule is CSCC[C@H](N)C(=O)N1CCC(NC(=O)Nc2ccccc2)CC1. The molecular weight excluding hydrogens is 324 g/mol. The summed E-state index contributed by atoms with van der Waals surface area (Å²) in [5.41, 5.74) is 6.72. The van der Waals surface area contributed by atoms with Crippen molar-refractivity contribution < 1.29 is 9.59 Å². The van der Waals surface area contributed by atoms with Crippen molar-refractivity contribution in [3.05, 3.63) is 30.3 Å². The molecule has 2 rings (SSSR count). The van der Waals surface area contributed by atoms with Crippen LogP contribution in [0.25, 0.3) is 0 Å². The molecule has 6 nitrogen and oxygen atoms in total. The van der Waals surface area contributed by atoms with Crippen LogP contribution in [0.5, 0.6) is 0 Å². The maximum absolute atomic E-state index is 12.3. The molecule has 1 fully saturated rings. The van der Waals surface area contributed by atoms with Crippen LogP contribution < -0.4 is 16.4 Å². The number of amides is 3. The predicted octanol–water partition coefficient (Wildman–Crippen LogP) is 1.88. The van der Waals surface area contributed by atoms with Crippen LogP contribution in [0.3, 0.4) is 0 Å². The monoisotopic (exact) mass is 350 g/mol. The summed E-state index contributed by atoms with van der Waals surface area (Å²) in [6.45, 7) is 1.28. The minimum Gasteiger partial charge on any atom is -0.341 e. The quantitative estimate of drug-likeness (QED) is 0.731. The highest BCUT2D eigenvalue weighted by atomic mass is 32.2. The number of urea groups is 1. The lowest BCUT2D eigenvalue weighted by Crippen LogP contribution is -2.51. The van der Waals surface area contributed by atoms with E-state index >= 15 is 0 Å². The zero-order valence-corrected chi connectivity index (χ0v) is 14.8. The van der Waals surface area contributed by atoms with Crippen molar-refractivity contribution in [3.63, 3.8) is 0 Å². The minimum absolute atomic E-state index is 0.0243. The van der Waals surface area contributed by atoms with E-state index in [1.165, 1.54) is 0 Å². The second-order valence-electron chi connectivity index (χ2n) is 5.95. The normalized spacial score (nSPS) is 16.5. The van der Waals surface area contributed by atoms with Crippen LogP contribution >= 0.6 is 11.8 Å². The highest BCUT2D eigenvalue weighted by Crippen LogP contribution is 2.13. The first-order valence-electron chi connectivity index (χ1n) is 8.26. The number of likely N-dealkylation sites (tertiary alicyclic amines) is 1. The van der Waals surface area contributed by atoms with E-state index in [1.54, 1.807) is 11.8 Å². The standard InChI is InChI=1S/C17H26N4O2S/c1-24-12-9-15(18)16(22)21-10-7-14(8-11-21)20-17(23)19-13-5-3-2-4-6-13/h2-6,14-15H,7-12,18H2,1H3,(H2,19,20,23)/t15-/m0/s1. The summed E-state index contributed by atoms with van der Waals surface area (Å²) in [5.74, 6) is 0.918. The first-order valence-corrected chi connectivity index (χ1v) is 9.65. The van der Waals surface area contributed by atoms with Gasteiger partial charge in [-0.15, -0.1) is 0 Å². The Balaban J connectivity index is 1.72. The van der Waals surface area contributed by atoms with Crippen LogP contribution in [0.1, 0.15) is 19.3 Å². The molecule has 1 aromatic rings.